The molecule has 1 unspecified atom stereocenters. The van der Waals surface area contributed by atoms with Gasteiger partial charge >= 0.3 is 10.1 Å². The first-order valence-electron chi connectivity index (χ1n) is 7.18. The minimum Gasteiger partial charge on any atom is -0.383 e. The van der Waals surface area contributed by atoms with Crippen LogP contribution in [-0.4, -0.2) is 52.9 Å². The molecule has 1 aromatic carbocycles. The molecule has 23 heavy (non-hydrogen) atoms. The fourth-order valence-corrected chi connectivity index (χ4v) is 3.64. The highest BCUT2D eigenvalue weighted by Crippen LogP contribution is 2.19. The van der Waals surface area contributed by atoms with Gasteiger partial charge in [0.15, 0.2) is 0 Å². The molecule has 1 aliphatic heterocycles. The maximum absolute atomic E-state index is 11.9. The van der Waals surface area contributed by atoms with E-state index in [-0.39, 0.29) is 18.4 Å². The molecule has 1 atom stereocenters. The van der Waals surface area contributed by atoms with Crippen LogP contribution in [0, 0.1) is 0 Å². The van der Waals surface area contributed by atoms with Gasteiger partial charge in [-0.1, -0.05) is 12.1 Å². The standard InChI is InChI=1S/C14H21NO6S2/c1-22(16,17)15(11-14-4-3-9-20-14)10-12-5-7-13(8-6-12)21-23(2,18)19/h5-8,14H,3-4,9-11H2,1-2H3. The van der Waals surface area contributed by atoms with Gasteiger partial charge in [-0.2, -0.15) is 12.7 Å². The first-order chi connectivity index (χ1) is 10.6. The summed E-state index contributed by atoms with van der Waals surface area (Å²) in [6.07, 6.45) is 3.86. The molecular formula is C14H21NO6S2. The lowest BCUT2D eigenvalue weighted by Gasteiger charge is -2.23. The van der Waals surface area contributed by atoms with Gasteiger partial charge in [-0.05, 0) is 30.5 Å². The van der Waals surface area contributed by atoms with Crippen LogP contribution in [0.2, 0.25) is 0 Å². The van der Waals surface area contributed by atoms with Crippen LogP contribution < -0.4 is 4.18 Å². The Labute approximate surface area is 137 Å². The number of ether oxygens (including phenoxy) is 1. The summed E-state index contributed by atoms with van der Waals surface area (Å²) in [7, 11) is -6.94. The van der Waals surface area contributed by atoms with E-state index in [0.717, 1.165) is 24.7 Å². The number of benzene rings is 1. The normalized spacial score (nSPS) is 19.2. The van der Waals surface area contributed by atoms with Gasteiger partial charge in [0, 0.05) is 19.7 Å². The lowest BCUT2D eigenvalue weighted by Crippen LogP contribution is -2.36. The Balaban J connectivity index is 2.06. The third-order valence-electron chi connectivity index (χ3n) is 3.43. The van der Waals surface area contributed by atoms with Crippen molar-refractivity contribution in [1.29, 1.82) is 0 Å². The van der Waals surface area contributed by atoms with E-state index in [1.54, 1.807) is 12.1 Å². The lowest BCUT2D eigenvalue weighted by atomic mass is 10.2. The summed E-state index contributed by atoms with van der Waals surface area (Å²) < 4.78 is 57.6. The van der Waals surface area contributed by atoms with Gasteiger partial charge in [0.1, 0.15) is 5.75 Å². The van der Waals surface area contributed by atoms with Crippen LogP contribution in [0.4, 0.5) is 0 Å². The fourth-order valence-electron chi connectivity index (χ4n) is 2.36. The summed E-state index contributed by atoms with van der Waals surface area (Å²) in [6, 6.07) is 6.30. The average Bonchev–Trinajstić information content (AvgIpc) is 2.90. The van der Waals surface area contributed by atoms with Crippen molar-refractivity contribution >= 4 is 20.1 Å². The van der Waals surface area contributed by atoms with Crippen molar-refractivity contribution < 1.29 is 25.8 Å². The molecule has 0 N–H and O–H groups in total. The Bertz CT molecular complexity index is 721. The monoisotopic (exact) mass is 363 g/mol. The Morgan fingerprint density at radius 3 is 2.30 bits per heavy atom. The van der Waals surface area contributed by atoms with Gasteiger partial charge in [0.2, 0.25) is 10.0 Å². The first kappa shape index (κ1) is 18.2. The second kappa shape index (κ2) is 7.16. The van der Waals surface area contributed by atoms with Crippen molar-refractivity contribution in [2.45, 2.75) is 25.5 Å². The molecule has 0 radical (unpaired) electrons. The predicted octanol–water partition coefficient (Wildman–Crippen LogP) is 0.966. The van der Waals surface area contributed by atoms with Crippen LogP contribution in [0.15, 0.2) is 24.3 Å². The Hall–Kier alpha value is -1.16. The highest BCUT2D eigenvalue weighted by molar-refractivity contribution is 7.88. The highest BCUT2D eigenvalue weighted by Gasteiger charge is 2.24. The topological polar surface area (TPSA) is 90.0 Å². The van der Waals surface area contributed by atoms with Gasteiger partial charge in [0.05, 0.1) is 18.6 Å². The third-order valence-corrected chi connectivity index (χ3v) is 5.14. The van der Waals surface area contributed by atoms with Crippen molar-refractivity contribution in [2.24, 2.45) is 0 Å². The summed E-state index contributed by atoms with van der Waals surface area (Å²) in [5.41, 5.74) is 0.745. The molecule has 0 amide bonds. The van der Waals surface area contributed by atoms with Crippen LogP contribution in [0.1, 0.15) is 18.4 Å². The molecule has 0 aliphatic carbocycles. The van der Waals surface area contributed by atoms with Gasteiger partial charge in [-0.25, -0.2) is 8.42 Å². The van der Waals surface area contributed by atoms with Crippen LogP contribution in [0.5, 0.6) is 5.75 Å². The zero-order valence-corrected chi connectivity index (χ0v) is 14.8. The smallest absolute Gasteiger partial charge is 0.306 e. The number of sulfonamides is 1. The summed E-state index contributed by atoms with van der Waals surface area (Å²) in [5.74, 6) is 0.196. The zero-order valence-electron chi connectivity index (χ0n) is 13.1. The predicted molar refractivity (Wildman–Crippen MR) is 86.1 cm³/mol. The molecular weight excluding hydrogens is 342 g/mol. The first-order valence-corrected chi connectivity index (χ1v) is 10.8. The Morgan fingerprint density at radius 2 is 1.83 bits per heavy atom. The molecule has 0 bridgehead atoms. The number of rotatable bonds is 7. The highest BCUT2D eigenvalue weighted by atomic mass is 32.2. The van der Waals surface area contributed by atoms with Crippen LogP contribution in [0.3, 0.4) is 0 Å². The molecule has 0 spiro atoms. The Morgan fingerprint density at radius 1 is 1.17 bits per heavy atom. The maximum atomic E-state index is 11.9. The van der Waals surface area contributed by atoms with Crippen molar-refractivity contribution in [3.05, 3.63) is 29.8 Å². The molecule has 9 heteroatoms. The van der Waals surface area contributed by atoms with Crippen LogP contribution >= 0.6 is 0 Å². The number of nitrogens with zero attached hydrogens (tertiary/aromatic N) is 1. The minimum atomic E-state index is -3.57. The molecule has 2 rings (SSSR count). The minimum absolute atomic E-state index is 0.0717. The number of hydrogen-bond donors (Lipinski definition) is 0. The molecule has 0 saturated carbocycles. The third kappa shape index (κ3) is 6.09. The van der Waals surface area contributed by atoms with Gasteiger partial charge in [-0.3, -0.25) is 0 Å². The van der Waals surface area contributed by atoms with Crippen molar-refractivity contribution in [3.8, 4) is 5.75 Å². The summed E-state index contributed by atoms with van der Waals surface area (Å²) in [5, 5.41) is 0. The second-order valence-corrected chi connectivity index (χ2v) is 9.18. The van der Waals surface area contributed by atoms with Gasteiger partial charge < -0.3 is 8.92 Å². The molecule has 1 aliphatic rings. The molecule has 1 aromatic rings. The van der Waals surface area contributed by atoms with Crippen molar-refractivity contribution in [1.82, 2.24) is 4.31 Å². The average molecular weight is 363 g/mol. The van der Waals surface area contributed by atoms with E-state index in [0.29, 0.717) is 13.2 Å². The maximum Gasteiger partial charge on any atom is 0.306 e. The number of hydrogen-bond acceptors (Lipinski definition) is 6. The largest absolute Gasteiger partial charge is 0.383 e. The zero-order chi connectivity index (χ0) is 17.1. The summed E-state index contributed by atoms with van der Waals surface area (Å²) in [6.45, 7) is 1.19. The van der Waals surface area contributed by atoms with E-state index in [1.165, 1.54) is 22.7 Å². The molecule has 1 saturated heterocycles. The van der Waals surface area contributed by atoms with E-state index in [2.05, 4.69) is 0 Å². The van der Waals surface area contributed by atoms with E-state index in [9.17, 15) is 16.8 Å². The SMILES string of the molecule is CS(=O)(=O)Oc1ccc(CN(CC2CCCO2)S(C)(=O)=O)cc1. The van der Waals surface area contributed by atoms with E-state index in [4.69, 9.17) is 8.92 Å². The van der Waals surface area contributed by atoms with Crippen LogP contribution in [0.25, 0.3) is 0 Å². The summed E-state index contributed by atoms with van der Waals surface area (Å²) >= 11 is 0. The van der Waals surface area contributed by atoms with Crippen LogP contribution in [-0.2, 0) is 31.4 Å². The lowest BCUT2D eigenvalue weighted by molar-refractivity contribution is 0.0927. The molecule has 1 fully saturated rings. The van der Waals surface area contributed by atoms with E-state index >= 15 is 0 Å². The van der Waals surface area contributed by atoms with Gasteiger partial charge in [0.25, 0.3) is 0 Å². The molecule has 130 valence electrons. The molecule has 7 nitrogen and oxygen atoms in total. The van der Waals surface area contributed by atoms with Crippen molar-refractivity contribution in [2.75, 3.05) is 25.7 Å². The summed E-state index contributed by atoms with van der Waals surface area (Å²) in [4.78, 5) is 0. The Kier molecular flexibility index (Phi) is 5.66. The van der Waals surface area contributed by atoms with E-state index in [1.807, 2.05) is 0 Å². The second-order valence-electron chi connectivity index (χ2n) is 5.62. The van der Waals surface area contributed by atoms with Gasteiger partial charge in [-0.15, -0.1) is 0 Å². The van der Waals surface area contributed by atoms with E-state index < -0.39 is 20.1 Å². The quantitative estimate of drug-likeness (QED) is 0.671. The fraction of sp³-hybridized carbons (Fsp3) is 0.571. The molecule has 0 aromatic heterocycles. The van der Waals surface area contributed by atoms with Crippen molar-refractivity contribution in [3.63, 3.8) is 0 Å². The molecule has 1 heterocycles.